The van der Waals surface area contributed by atoms with Gasteiger partial charge in [0.15, 0.2) is 49.6 Å². The fraction of sp³-hybridized carbons (Fsp3) is 1.00. The Morgan fingerprint density at radius 3 is 0.836 bits per heavy atom. The van der Waals surface area contributed by atoms with Gasteiger partial charge in [-0.05, 0) is 27.7 Å². The van der Waals surface area contributed by atoms with Gasteiger partial charge in [-0.2, -0.15) is 42.1 Å². The second-order valence-electron chi connectivity index (χ2n) is 13.6. The minimum atomic E-state index is -5.81. The first-order chi connectivity index (χ1) is 27.6. The molecule has 20 atom stereocenters. The average molecular weight is 1000 g/mol. The molecule has 4 heterocycles. The van der Waals surface area contributed by atoms with Crippen LogP contribution < -0.4 is 0 Å². The van der Waals surface area contributed by atoms with Crippen molar-refractivity contribution in [2.75, 3.05) is 0 Å². The molecule has 0 spiro atoms. The van der Waals surface area contributed by atoms with Crippen molar-refractivity contribution in [1.82, 2.24) is 0 Å². The molecule has 4 aliphatic rings. The summed E-state index contributed by atoms with van der Waals surface area (Å²) in [5.41, 5.74) is 0. The van der Waals surface area contributed by atoms with Gasteiger partial charge in [-0.25, -0.2) is 20.9 Å². The van der Waals surface area contributed by atoms with Crippen LogP contribution >= 0.6 is 0 Å². The first-order valence-electron chi connectivity index (χ1n) is 16.8. The zero-order valence-corrected chi connectivity index (χ0v) is 35.1. The minimum absolute atomic E-state index is 0.978. The first kappa shape index (κ1) is 52.5. The third kappa shape index (κ3) is 14.2. The molecule has 0 aromatic rings. The lowest BCUT2D eigenvalue weighted by Gasteiger charge is -2.49. The molecule has 0 unspecified atom stereocenters. The lowest BCUT2D eigenvalue weighted by atomic mass is 9.96. The van der Waals surface area contributed by atoms with Gasteiger partial charge in [-0.15, -0.1) is 0 Å². The molecule has 360 valence electrons. The van der Waals surface area contributed by atoms with Crippen LogP contribution in [-0.2, 0) is 106 Å². The highest BCUT2D eigenvalue weighted by Crippen LogP contribution is 2.38. The maximum absolute atomic E-state index is 12.2. The largest absolute Gasteiger partial charge is 0.397 e. The highest BCUT2D eigenvalue weighted by atomic mass is 32.3. The van der Waals surface area contributed by atoms with Gasteiger partial charge >= 0.3 is 52.0 Å². The topological polar surface area (TPSA) is 484 Å². The molecule has 4 saturated heterocycles. The summed E-state index contributed by atoms with van der Waals surface area (Å²) in [4.78, 5) is 0. The lowest BCUT2D eigenvalue weighted by Crippen LogP contribution is -2.67. The zero-order chi connectivity index (χ0) is 46.5. The van der Waals surface area contributed by atoms with Gasteiger partial charge in [-0.3, -0.25) is 22.8 Å². The monoisotopic (exact) mass is 1000 g/mol. The second-order valence-corrected chi connectivity index (χ2v) is 18.8. The molecule has 0 saturated carbocycles. The summed E-state index contributed by atoms with van der Waals surface area (Å²) in [5.74, 6) is 0. The quantitative estimate of drug-likeness (QED) is 0.0643. The van der Waals surface area contributed by atoms with E-state index in [0.717, 1.165) is 27.7 Å². The predicted octanol–water partition coefficient (Wildman–Crippen LogP) is -6.50. The molecule has 4 fully saturated rings. The lowest BCUT2D eigenvalue weighted by molar-refractivity contribution is -0.378. The minimum Gasteiger partial charge on any atom is -0.388 e. The zero-order valence-electron chi connectivity index (χ0n) is 31.0. The molecule has 0 aliphatic carbocycles. The molecule has 10 N–H and O–H groups in total. The Balaban J connectivity index is 1.79. The molecule has 0 bridgehead atoms. The SMILES string of the molecule is C[C@@H]1O[C@@H](O[C@@H]2[C@H](O)[C@H](C)O[C@@H](O[C@@H]3[C@H](O)[C@H](C)O[C@H](O)[C@H]3OS(=O)(=O)O)[C@H]2OS(=O)(=O)O)[C@@H](OS(=O)(=O)O)[C@H](O[C@@H]2O[C@@H](C)[C@@H](O)[C@@H](OS(=O)(=O)O)[C@@H]2OS(=O)(=O)O)[C@@H]1O. The molecule has 61 heavy (non-hydrogen) atoms. The van der Waals surface area contributed by atoms with Gasteiger partial charge in [-0.1, -0.05) is 0 Å². The van der Waals surface area contributed by atoms with E-state index in [9.17, 15) is 90.4 Å². The summed E-state index contributed by atoms with van der Waals surface area (Å²) in [7, 11) is -28.4. The van der Waals surface area contributed by atoms with E-state index in [1.54, 1.807) is 0 Å². The molecular formula is C24H42O32S5. The Morgan fingerprint density at radius 2 is 0.541 bits per heavy atom. The van der Waals surface area contributed by atoms with E-state index in [4.69, 9.17) is 33.2 Å². The van der Waals surface area contributed by atoms with Gasteiger partial charge in [0.25, 0.3) is 0 Å². The maximum Gasteiger partial charge on any atom is 0.397 e. The van der Waals surface area contributed by atoms with Gasteiger partial charge in [0.05, 0.1) is 24.4 Å². The number of rotatable bonds is 16. The van der Waals surface area contributed by atoms with E-state index in [0.29, 0.717) is 0 Å². The number of ether oxygens (including phenoxy) is 7. The Bertz CT molecular complexity index is 2070. The van der Waals surface area contributed by atoms with E-state index in [2.05, 4.69) is 20.9 Å². The van der Waals surface area contributed by atoms with Crippen molar-refractivity contribution in [1.29, 1.82) is 0 Å². The van der Waals surface area contributed by atoms with Crippen LogP contribution in [0.3, 0.4) is 0 Å². The van der Waals surface area contributed by atoms with E-state index in [-0.39, 0.29) is 0 Å². The Kier molecular flexibility index (Phi) is 16.7. The van der Waals surface area contributed by atoms with Crippen LogP contribution in [-0.4, -0.2) is 213 Å². The Morgan fingerprint density at radius 1 is 0.328 bits per heavy atom. The number of hydrogen-bond donors (Lipinski definition) is 10. The van der Waals surface area contributed by atoms with Crippen LogP contribution in [0.15, 0.2) is 0 Å². The molecule has 0 aromatic heterocycles. The summed E-state index contributed by atoms with van der Waals surface area (Å²) < 4.78 is 227. The molecule has 32 nitrogen and oxygen atoms in total. The molecule has 37 heteroatoms. The standard InChI is InChI=1S/C24H42O32S5/c1-5-9(25)13(17(21(29)45-5)53-58(33,34)35)49-22-18(54-59(36,37)38)14(10(26)6(2)46-22)50-23-19(55-60(39,40)41)15(11(27)7(3)47-23)51-24-20(56-61(42,43)44)16(52-57(30,31)32)12(28)8(4)48-24/h5-29H,1-4H3,(H,30,31,32)(H,33,34,35)(H,36,37,38)(H,39,40,41)(H,42,43,44)/t5-,6-,7-,8-,9+,10+,11+,12+,13+,14+,15+,16+,17-,18-,19-,20-,21-,22-,23-,24-/m0/s1. The van der Waals surface area contributed by atoms with Crippen molar-refractivity contribution in [3.63, 3.8) is 0 Å². The highest BCUT2D eigenvalue weighted by Gasteiger charge is 2.58. The van der Waals surface area contributed by atoms with Gasteiger partial charge in [0, 0.05) is 0 Å². The van der Waals surface area contributed by atoms with Crippen LogP contribution in [0.25, 0.3) is 0 Å². The normalized spacial score (nSPS) is 43.5. The van der Waals surface area contributed by atoms with Crippen molar-refractivity contribution >= 4 is 52.0 Å². The van der Waals surface area contributed by atoms with Crippen LogP contribution in [0.4, 0.5) is 0 Å². The average Bonchev–Trinajstić information content (AvgIpc) is 3.06. The number of aliphatic hydroxyl groups is 5. The Hall–Kier alpha value is -1.13. The fourth-order valence-electron chi connectivity index (χ4n) is 6.44. The van der Waals surface area contributed by atoms with Crippen molar-refractivity contribution in [2.45, 2.75) is 151 Å². The van der Waals surface area contributed by atoms with Crippen molar-refractivity contribution in [3.8, 4) is 0 Å². The van der Waals surface area contributed by atoms with E-state index < -0.39 is 175 Å². The van der Waals surface area contributed by atoms with E-state index >= 15 is 0 Å². The summed E-state index contributed by atoms with van der Waals surface area (Å²) in [6.07, 6.45) is -45.1. The van der Waals surface area contributed by atoms with Gasteiger partial charge < -0.3 is 58.7 Å². The van der Waals surface area contributed by atoms with Crippen LogP contribution in [0.1, 0.15) is 27.7 Å². The summed E-state index contributed by atoms with van der Waals surface area (Å²) in [6.45, 7) is 4.13. The van der Waals surface area contributed by atoms with Gasteiger partial charge in [0.1, 0.15) is 48.8 Å². The fourth-order valence-corrected chi connectivity index (χ4v) is 8.88. The summed E-state index contributed by atoms with van der Waals surface area (Å²) >= 11 is 0. The van der Waals surface area contributed by atoms with Crippen molar-refractivity contribution < 1.29 is 144 Å². The molecular weight excluding hydrogens is 961 g/mol. The van der Waals surface area contributed by atoms with Crippen LogP contribution in [0.5, 0.6) is 0 Å². The predicted molar refractivity (Wildman–Crippen MR) is 180 cm³/mol. The maximum atomic E-state index is 12.2. The van der Waals surface area contributed by atoms with E-state index in [1.165, 1.54) is 0 Å². The smallest absolute Gasteiger partial charge is 0.388 e. The second kappa shape index (κ2) is 19.4. The van der Waals surface area contributed by atoms with Crippen LogP contribution in [0, 0.1) is 0 Å². The first-order valence-corrected chi connectivity index (χ1v) is 23.7. The summed E-state index contributed by atoms with van der Waals surface area (Å²) in [5, 5.41) is 54.1. The highest BCUT2D eigenvalue weighted by molar-refractivity contribution is 7.81. The molecule has 4 rings (SSSR count). The molecule has 0 amide bonds. The summed E-state index contributed by atoms with van der Waals surface area (Å²) in [6, 6.07) is 0. The number of hydrogen-bond acceptors (Lipinski definition) is 27. The van der Waals surface area contributed by atoms with E-state index in [1.807, 2.05) is 0 Å². The van der Waals surface area contributed by atoms with Crippen LogP contribution in [0.2, 0.25) is 0 Å². The third-order valence-electron chi connectivity index (χ3n) is 9.09. The molecule has 0 radical (unpaired) electrons. The van der Waals surface area contributed by atoms with Gasteiger partial charge in [0.2, 0.25) is 0 Å². The third-order valence-corrected chi connectivity index (χ3v) is 11.4. The number of aliphatic hydroxyl groups excluding tert-OH is 5. The molecule has 4 aliphatic heterocycles. The van der Waals surface area contributed by atoms with Crippen molar-refractivity contribution in [3.05, 3.63) is 0 Å². The molecule has 0 aromatic carbocycles. The van der Waals surface area contributed by atoms with Crippen molar-refractivity contribution in [2.24, 2.45) is 0 Å². The Labute approximate surface area is 346 Å².